The molecule has 2 aliphatic rings. The van der Waals surface area contributed by atoms with E-state index in [-0.39, 0.29) is 35.6 Å². The number of rotatable bonds is 6. The number of aryl methyl sites for hydroxylation is 1. The van der Waals surface area contributed by atoms with Crippen molar-refractivity contribution >= 4 is 34.4 Å². The summed E-state index contributed by atoms with van der Waals surface area (Å²) in [6.45, 7) is 14.0. The standard InChI is InChI=1S/C30H35FN4O3S/c1-6-12-38-23-16-34-27-24(13-18(3)26(28(27)39-17-23)21-8-10-22(31)11-9-21)29(32-30(34)37)33-14-19(4)35(20(5)15-33)25(36)7-2/h7-11,13,19-20,23H,2,6,12,14-17H2,1,3-5H3/t19-,20+,23?. The second kappa shape index (κ2) is 11.1. The summed E-state index contributed by atoms with van der Waals surface area (Å²) in [6, 6.07) is 8.47. The van der Waals surface area contributed by atoms with Crippen molar-refractivity contribution in [3.8, 4) is 11.1 Å². The van der Waals surface area contributed by atoms with Crippen LogP contribution in [0.4, 0.5) is 10.2 Å². The third kappa shape index (κ3) is 5.10. The van der Waals surface area contributed by atoms with Crippen molar-refractivity contribution in [3.05, 3.63) is 64.9 Å². The van der Waals surface area contributed by atoms with E-state index in [2.05, 4.69) is 36.4 Å². The summed E-state index contributed by atoms with van der Waals surface area (Å²) in [6.07, 6.45) is 2.12. The number of benzene rings is 2. The lowest BCUT2D eigenvalue weighted by Crippen LogP contribution is -2.58. The summed E-state index contributed by atoms with van der Waals surface area (Å²) < 4.78 is 21.7. The molecule has 9 heteroatoms. The van der Waals surface area contributed by atoms with Crippen molar-refractivity contribution in [1.82, 2.24) is 14.5 Å². The van der Waals surface area contributed by atoms with Crippen LogP contribution in [0.5, 0.6) is 0 Å². The van der Waals surface area contributed by atoms with Crippen molar-refractivity contribution in [2.75, 3.05) is 30.3 Å². The quantitative estimate of drug-likeness (QED) is 0.402. The monoisotopic (exact) mass is 550 g/mol. The van der Waals surface area contributed by atoms with Gasteiger partial charge in [-0.25, -0.2) is 9.18 Å². The Labute approximate surface area is 232 Å². The molecule has 0 spiro atoms. The minimum Gasteiger partial charge on any atom is -0.375 e. The number of carbonyl (C=O) groups excluding carboxylic acids is 1. The zero-order valence-electron chi connectivity index (χ0n) is 22.9. The van der Waals surface area contributed by atoms with Crippen molar-refractivity contribution in [2.24, 2.45) is 0 Å². The van der Waals surface area contributed by atoms with Gasteiger partial charge in [0, 0.05) is 53.4 Å². The fourth-order valence-electron chi connectivity index (χ4n) is 5.90. The van der Waals surface area contributed by atoms with E-state index in [1.165, 1.54) is 18.2 Å². The first kappa shape index (κ1) is 27.4. The molecule has 1 aromatic heterocycles. The molecule has 7 nitrogen and oxygen atoms in total. The van der Waals surface area contributed by atoms with E-state index in [0.717, 1.165) is 38.9 Å². The molecular formula is C30H35FN4O3S. The number of thioether (sulfide) groups is 1. The Morgan fingerprint density at radius 2 is 1.90 bits per heavy atom. The van der Waals surface area contributed by atoms with Gasteiger partial charge >= 0.3 is 5.69 Å². The van der Waals surface area contributed by atoms with Gasteiger partial charge in [0.25, 0.3) is 0 Å². The maximum absolute atomic E-state index is 13.8. The van der Waals surface area contributed by atoms with Gasteiger partial charge in [0.15, 0.2) is 0 Å². The lowest BCUT2D eigenvalue weighted by atomic mass is 9.97. The highest BCUT2D eigenvalue weighted by Gasteiger charge is 2.34. The molecule has 0 saturated carbocycles. The predicted molar refractivity (Wildman–Crippen MR) is 155 cm³/mol. The number of anilines is 1. The molecule has 2 aromatic carbocycles. The first-order valence-electron chi connectivity index (χ1n) is 13.5. The number of carbonyl (C=O) groups is 1. The van der Waals surface area contributed by atoms with Crippen LogP contribution in [0.2, 0.25) is 0 Å². The SMILES string of the molecule is C=CC(=O)N1[C@H](C)CN(c2nc(=O)n3c4c(c(-c5ccc(F)cc5)c(C)cc24)SCC(OCCC)C3)C[C@@H]1C. The number of hydrogen-bond acceptors (Lipinski definition) is 6. The van der Waals surface area contributed by atoms with Gasteiger partial charge in [0.2, 0.25) is 5.91 Å². The van der Waals surface area contributed by atoms with Crippen molar-refractivity contribution in [1.29, 1.82) is 0 Å². The molecule has 0 aliphatic carbocycles. The number of halogens is 1. The Morgan fingerprint density at radius 1 is 1.21 bits per heavy atom. The zero-order chi connectivity index (χ0) is 27.8. The molecule has 1 fully saturated rings. The van der Waals surface area contributed by atoms with Crippen molar-refractivity contribution in [3.63, 3.8) is 0 Å². The molecule has 39 heavy (non-hydrogen) atoms. The lowest BCUT2D eigenvalue weighted by Gasteiger charge is -2.44. The summed E-state index contributed by atoms with van der Waals surface area (Å²) in [7, 11) is 0. The van der Waals surface area contributed by atoms with Crippen molar-refractivity contribution < 1.29 is 13.9 Å². The average Bonchev–Trinajstić information content (AvgIpc) is 3.10. The molecule has 206 valence electrons. The Bertz CT molecular complexity index is 1460. The summed E-state index contributed by atoms with van der Waals surface area (Å²) in [5, 5.41) is 0.902. The number of ether oxygens (including phenoxy) is 1. The van der Waals surface area contributed by atoms with E-state index in [4.69, 9.17) is 4.74 Å². The molecule has 1 amide bonds. The molecule has 3 heterocycles. The summed E-state index contributed by atoms with van der Waals surface area (Å²) in [5.41, 5.74) is 3.46. The van der Waals surface area contributed by atoms with Crippen LogP contribution in [0.15, 0.2) is 52.7 Å². The number of piperazine rings is 1. The molecule has 1 saturated heterocycles. The topological polar surface area (TPSA) is 67.7 Å². The smallest absolute Gasteiger partial charge is 0.350 e. The number of amides is 1. The molecular weight excluding hydrogens is 515 g/mol. The Morgan fingerprint density at radius 3 is 2.54 bits per heavy atom. The predicted octanol–water partition coefficient (Wildman–Crippen LogP) is 5.02. The molecule has 3 atom stereocenters. The summed E-state index contributed by atoms with van der Waals surface area (Å²) in [4.78, 5) is 35.8. The number of nitrogens with zero attached hydrogens (tertiary/aromatic N) is 4. The van der Waals surface area contributed by atoms with Crippen LogP contribution in [0.3, 0.4) is 0 Å². The Hall–Kier alpha value is -3.17. The third-order valence-electron chi connectivity index (χ3n) is 7.53. The van der Waals surface area contributed by atoms with Crippen molar-refractivity contribution in [2.45, 2.75) is 63.7 Å². The fraction of sp³-hybridized carbons (Fsp3) is 0.433. The molecule has 5 rings (SSSR count). The van der Waals surface area contributed by atoms with Gasteiger partial charge in [0.05, 0.1) is 18.2 Å². The molecule has 0 radical (unpaired) electrons. The van der Waals surface area contributed by atoms with E-state index in [9.17, 15) is 14.0 Å². The molecule has 1 unspecified atom stereocenters. The molecule has 0 bridgehead atoms. The van der Waals surface area contributed by atoms with Gasteiger partial charge in [-0.05, 0) is 62.6 Å². The zero-order valence-corrected chi connectivity index (χ0v) is 23.8. The van der Waals surface area contributed by atoms with E-state index >= 15 is 0 Å². The van der Waals surface area contributed by atoms with Gasteiger partial charge in [-0.3, -0.25) is 9.36 Å². The highest BCUT2D eigenvalue weighted by atomic mass is 32.2. The van der Waals surface area contributed by atoms with Gasteiger partial charge in [-0.1, -0.05) is 25.6 Å². The van der Waals surface area contributed by atoms with E-state index < -0.39 is 0 Å². The Balaban J connectivity index is 1.70. The fourth-order valence-corrected chi connectivity index (χ4v) is 7.24. The minimum atomic E-state index is -0.315. The van der Waals surface area contributed by atoms with Crippen LogP contribution in [-0.4, -0.2) is 64.0 Å². The van der Waals surface area contributed by atoms with Gasteiger partial charge in [-0.15, -0.1) is 11.8 Å². The largest absolute Gasteiger partial charge is 0.375 e. The summed E-state index contributed by atoms with van der Waals surface area (Å²) >= 11 is 1.68. The number of hydrogen-bond donors (Lipinski definition) is 0. The van der Waals surface area contributed by atoms with Gasteiger partial charge in [0.1, 0.15) is 11.6 Å². The first-order valence-corrected chi connectivity index (χ1v) is 14.5. The average molecular weight is 551 g/mol. The van der Waals surface area contributed by atoms with Crippen LogP contribution >= 0.6 is 11.8 Å². The van der Waals surface area contributed by atoms with Crippen LogP contribution in [0, 0.1) is 12.7 Å². The molecule has 2 aliphatic heterocycles. The minimum absolute atomic E-state index is 0.0746. The van der Waals surface area contributed by atoms with E-state index in [0.29, 0.717) is 37.8 Å². The molecule has 3 aromatic rings. The third-order valence-corrected chi connectivity index (χ3v) is 8.76. The second-order valence-electron chi connectivity index (χ2n) is 10.5. The normalized spacial score (nSPS) is 21.2. The lowest BCUT2D eigenvalue weighted by molar-refractivity contribution is -0.130. The number of aromatic nitrogens is 2. The molecule has 0 N–H and O–H groups in total. The van der Waals surface area contributed by atoms with Crippen LogP contribution in [0.1, 0.15) is 32.8 Å². The van der Waals surface area contributed by atoms with Crippen LogP contribution in [0.25, 0.3) is 22.0 Å². The van der Waals surface area contributed by atoms with Gasteiger partial charge < -0.3 is 14.5 Å². The van der Waals surface area contributed by atoms with Crippen LogP contribution < -0.4 is 10.6 Å². The summed E-state index contributed by atoms with van der Waals surface area (Å²) in [5.74, 6) is 0.952. The first-order chi connectivity index (χ1) is 18.7. The highest BCUT2D eigenvalue weighted by molar-refractivity contribution is 7.99. The van der Waals surface area contributed by atoms with Gasteiger partial charge in [-0.2, -0.15) is 4.98 Å². The maximum Gasteiger partial charge on any atom is 0.350 e. The highest BCUT2D eigenvalue weighted by Crippen LogP contribution is 2.43. The second-order valence-corrected chi connectivity index (χ2v) is 11.5. The van der Waals surface area contributed by atoms with E-state index in [1.807, 2.05) is 18.7 Å². The van der Waals surface area contributed by atoms with Crippen LogP contribution in [-0.2, 0) is 16.1 Å². The maximum atomic E-state index is 13.8. The van der Waals surface area contributed by atoms with E-state index in [1.54, 1.807) is 28.5 Å². The Kier molecular flexibility index (Phi) is 7.82.